The number of carbonyl (C=O) groups excluding carboxylic acids is 2. The van der Waals surface area contributed by atoms with Gasteiger partial charge in [-0.2, -0.15) is 0 Å². The van der Waals surface area contributed by atoms with E-state index in [1.807, 2.05) is 20.8 Å². The highest BCUT2D eigenvalue weighted by Crippen LogP contribution is 2.32. The molecule has 3 rings (SSSR count). The summed E-state index contributed by atoms with van der Waals surface area (Å²) in [6.07, 6.45) is 0.970. The van der Waals surface area contributed by atoms with Crippen LogP contribution in [0.3, 0.4) is 0 Å². The zero-order valence-electron chi connectivity index (χ0n) is 24.7. The van der Waals surface area contributed by atoms with Crippen LogP contribution in [0.4, 0.5) is 5.69 Å². The lowest BCUT2D eigenvalue weighted by molar-refractivity contribution is -0.140. The van der Waals surface area contributed by atoms with Crippen LogP contribution in [-0.2, 0) is 26.2 Å². The lowest BCUT2D eigenvalue weighted by Crippen LogP contribution is -2.53. The maximum atomic E-state index is 14.2. The van der Waals surface area contributed by atoms with Crippen LogP contribution in [0.15, 0.2) is 65.6 Å². The molecule has 3 aromatic rings. The summed E-state index contributed by atoms with van der Waals surface area (Å²) < 4.78 is 34.3. The summed E-state index contributed by atoms with van der Waals surface area (Å²) in [7, 11) is -2.81. The number of amides is 2. The number of methoxy groups -OCH3 is 1. The van der Waals surface area contributed by atoms with Crippen molar-refractivity contribution in [3.63, 3.8) is 0 Å². The SMILES string of the molecule is CC[C@H](C(=O)N[C@@H](C)CC)N(Cc1ccc(Cl)cc1Cl)C(=O)CN(c1ccc(OC)c(Cl)c1)S(=O)(=O)c1ccc(C)cc1. The van der Waals surface area contributed by atoms with E-state index in [0.29, 0.717) is 27.8 Å². The Morgan fingerprint density at radius 3 is 2.16 bits per heavy atom. The van der Waals surface area contributed by atoms with Crippen molar-refractivity contribution in [3.05, 3.63) is 86.9 Å². The van der Waals surface area contributed by atoms with Gasteiger partial charge in [0.15, 0.2) is 0 Å². The maximum absolute atomic E-state index is 14.2. The smallest absolute Gasteiger partial charge is 0.264 e. The van der Waals surface area contributed by atoms with Crippen LogP contribution in [-0.4, -0.2) is 50.9 Å². The fourth-order valence-electron chi connectivity index (χ4n) is 4.37. The van der Waals surface area contributed by atoms with Crippen LogP contribution in [0.5, 0.6) is 5.75 Å². The van der Waals surface area contributed by atoms with Gasteiger partial charge < -0.3 is 15.0 Å². The van der Waals surface area contributed by atoms with E-state index in [0.717, 1.165) is 9.87 Å². The molecule has 0 radical (unpaired) electrons. The summed E-state index contributed by atoms with van der Waals surface area (Å²) in [6, 6.07) is 14.6. The number of nitrogens with one attached hydrogen (secondary N) is 1. The standard InChI is InChI=1S/C31H36Cl3N3O5S/c1-6-21(4)35-31(39)28(7-2)36(18-22-10-11-23(32)16-26(22)33)30(38)19-37(24-12-15-29(42-5)27(34)17-24)43(40,41)25-13-8-20(3)9-14-25/h8-17,21,28H,6-7,18-19H2,1-5H3,(H,35,39)/t21-,28+/m0/s1. The molecular formula is C31H36Cl3N3O5S. The molecule has 3 aromatic carbocycles. The lowest BCUT2D eigenvalue weighted by atomic mass is 10.1. The van der Waals surface area contributed by atoms with E-state index < -0.39 is 28.5 Å². The number of hydrogen-bond acceptors (Lipinski definition) is 5. The first-order chi connectivity index (χ1) is 20.3. The van der Waals surface area contributed by atoms with Crippen LogP contribution in [0.1, 0.15) is 44.7 Å². The molecule has 0 unspecified atom stereocenters. The number of rotatable bonds is 13. The predicted molar refractivity (Wildman–Crippen MR) is 173 cm³/mol. The molecule has 0 aromatic heterocycles. The first kappa shape index (κ1) is 34.5. The molecule has 0 aliphatic rings. The Hall–Kier alpha value is -2.98. The second-order valence-electron chi connectivity index (χ2n) is 10.1. The minimum absolute atomic E-state index is 0.00769. The van der Waals surface area contributed by atoms with Gasteiger partial charge in [0.2, 0.25) is 11.8 Å². The predicted octanol–water partition coefficient (Wildman–Crippen LogP) is 6.88. The normalized spacial score (nSPS) is 12.7. The molecule has 12 heteroatoms. The summed E-state index contributed by atoms with van der Waals surface area (Å²) in [5.74, 6) is -0.619. The minimum atomic E-state index is -4.26. The van der Waals surface area contributed by atoms with Crippen LogP contribution in [0, 0.1) is 6.92 Å². The fourth-order valence-corrected chi connectivity index (χ4v) is 6.50. The third-order valence-corrected chi connectivity index (χ3v) is 9.72. The summed E-state index contributed by atoms with van der Waals surface area (Å²) in [6.45, 7) is 6.78. The molecule has 0 aliphatic heterocycles. The molecule has 2 amide bonds. The van der Waals surface area contributed by atoms with Gasteiger partial charge in [0.25, 0.3) is 10.0 Å². The molecule has 0 fully saturated rings. The molecule has 43 heavy (non-hydrogen) atoms. The number of sulfonamides is 1. The quantitative estimate of drug-likeness (QED) is 0.214. The van der Waals surface area contributed by atoms with Crippen molar-refractivity contribution < 1.29 is 22.7 Å². The zero-order valence-corrected chi connectivity index (χ0v) is 27.8. The largest absolute Gasteiger partial charge is 0.495 e. The number of aryl methyl sites for hydroxylation is 1. The topological polar surface area (TPSA) is 96.0 Å². The molecule has 0 saturated carbocycles. The summed E-state index contributed by atoms with van der Waals surface area (Å²) in [4.78, 5) is 29.0. The van der Waals surface area contributed by atoms with Gasteiger partial charge in [0, 0.05) is 22.6 Å². The van der Waals surface area contributed by atoms with Crippen LogP contribution < -0.4 is 14.4 Å². The van der Waals surface area contributed by atoms with Gasteiger partial charge in [-0.05, 0) is 74.7 Å². The summed E-state index contributed by atoms with van der Waals surface area (Å²) >= 11 is 18.9. The number of ether oxygens (including phenoxy) is 1. The maximum Gasteiger partial charge on any atom is 0.264 e. The van der Waals surface area contributed by atoms with Crippen molar-refractivity contribution in [1.29, 1.82) is 0 Å². The number of anilines is 1. The number of nitrogens with zero attached hydrogens (tertiary/aromatic N) is 2. The first-order valence-corrected chi connectivity index (χ1v) is 16.4. The van der Waals surface area contributed by atoms with E-state index in [4.69, 9.17) is 39.5 Å². The molecule has 1 N–H and O–H groups in total. The van der Waals surface area contributed by atoms with Gasteiger partial charge >= 0.3 is 0 Å². The van der Waals surface area contributed by atoms with Gasteiger partial charge in [0.1, 0.15) is 18.3 Å². The van der Waals surface area contributed by atoms with Gasteiger partial charge in [-0.1, -0.05) is 72.4 Å². The van der Waals surface area contributed by atoms with Crippen molar-refractivity contribution >= 4 is 62.3 Å². The highest BCUT2D eigenvalue weighted by molar-refractivity contribution is 7.92. The second-order valence-corrected chi connectivity index (χ2v) is 13.3. The molecule has 0 saturated heterocycles. The van der Waals surface area contributed by atoms with Gasteiger partial charge in [0.05, 0.1) is 22.7 Å². The molecule has 0 spiro atoms. The van der Waals surface area contributed by atoms with Crippen molar-refractivity contribution in [2.75, 3.05) is 18.0 Å². The van der Waals surface area contributed by atoms with Crippen molar-refractivity contribution in [1.82, 2.24) is 10.2 Å². The Kier molecular flexibility index (Phi) is 12.2. The van der Waals surface area contributed by atoms with Crippen LogP contribution >= 0.6 is 34.8 Å². The van der Waals surface area contributed by atoms with E-state index in [-0.39, 0.29) is 40.5 Å². The average Bonchev–Trinajstić information content (AvgIpc) is 2.96. The lowest BCUT2D eigenvalue weighted by Gasteiger charge is -2.34. The molecule has 0 bridgehead atoms. The highest BCUT2D eigenvalue weighted by Gasteiger charge is 2.34. The Morgan fingerprint density at radius 1 is 0.930 bits per heavy atom. The fraction of sp³-hybridized carbons (Fsp3) is 0.355. The number of benzene rings is 3. The van der Waals surface area contributed by atoms with E-state index in [1.54, 1.807) is 37.3 Å². The van der Waals surface area contributed by atoms with Crippen molar-refractivity contribution in [3.8, 4) is 5.75 Å². The molecule has 2 atom stereocenters. The monoisotopic (exact) mass is 667 g/mol. The molecular weight excluding hydrogens is 633 g/mol. The molecule has 8 nitrogen and oxygen atoms in total. The van der Waals surface area contributed by atoms with E-state index in [9.17, 15) is 18.0 Å². The van der Waals surface area contributed by atoms with E-state index >= 15 is 0 Å². The zero-order chi connectivity index (χ0) is 31.9. The number of carbonyl (C=O) groups is 2. The van der Waals surface area contributed by atoms with E-state index in [1.165, 1.54) is 42.3 Å². The van der Waals surface area contributed by atoms with Crippen LogP contribution in [0.2, 0.25) is 15.1 Å². The minimum Gasteiger partial charge on any atom is -0.495 e. The van der Waals surface area contributed by atoms with Crippen molar-refractivity contribution in [2.45, 2.75) is 64.1 Å². The van der Waals surface area contributed by atoms with Gasteiger partial charge in [-0.25, -0.2) is 8.42 Å². The highest BCUT2D eigenvalue weighted by atomic mass is 35.5. The van der Waals surface area contributed by atoms with Gasteiger partial charge in [-0.3, -0.25) is 13.9 Å². The van der Waals surface area contributed by atoms with Gasteiger partial charge in [-0.15, -0.1) is 0 Å². The Balaban J connectivity index is 2.12. The third kappa shape index (κ3) is 8.56. The average molecular weight is 669 g/mol. The summed E-state index contributed by atoms with van der Waals surface area (Å²) in [5, 5.41) is 3.84. The first-order valence-electron chi connectivity index (χ1n) is 13.8. The number of hydrogen-bond donors (Lipinski definition) is 1. The summed E-state index contributed by atoms with van der Waals surface area (Å²) in [5.41, 5.74) is 1.58. The molecule has 232 valence electrons. The Morgan fingerprint density at radius 2 is 1.60 bits per heavy atom. The Labute approximate surface area is 268 Å². The number of halogens is 3. The Bertz CT molecular complexity index is 1550. The molecule has 0 heterocycles. The van der Waals surface area contributed by atoms with E-state index in [2.05, 4.69) is 5.32 Å². The molecule has 0 aliphatic carbocycles. The van der Waals surface area contributed by atoms with Crippen LogP contribution in [0.25, 0.3) is 0 Å². The second kappa shape index (κ2) is 15.1. The van der Waals surface area contributed by atoms with Crippen molar-refractivity contribution in [2.24, 2.45) is 0 Å². The third-order valence-electron chi connectivity index (χ3n) is 7.05.